The van der Waals surface area contributed by atoms with Crippen molar-refractivity contribution in [3.05, 3.63) is 36.2 Å². The second-order valence-corrected chi connectivity index (χ2v) is 6.77. The molecule has 2 rings (SSSR count). The van der Waals surface area contributed by atoms with Crippen molar-refractivity contribution in [2.75, 3.05) is 11.2 Å². The Labute approximate surface area is 137 Å². The maximum atomic E-state index is 6.09. The van der Waals surface area contributed by atoms with E-state index in [2.05, 4.69) is 34.7 Å². The summed E-state index contributed by atoms with van der Waals surface area (Å²) >= 11 is 0. The Hall–Kier alpha value is -2.34. The summed E-state index contributed by atoms with van der Waals surface area (Å²) in [5.41, 5.74) is 13.7. The third-order valence-corrected chi connectivity index (χ3v) is 3.16. The largest absolute Gasteiger partial charge is 0.437 e. The van der Waals surface area contributed by atoms with Crippen LogP contribution in [-0.4, -0.2) is 15.5 Å². The van der Waals surface area contributed by atoms with Gasteiger partial charge in [0.25, 0.3) is 0 Å². The maximum absolute atomic E-state index is 6.09. The first-order valence-electron chi connectivity index (χ1n) is 7.68. The van der Waals surface area contributed by atoms with Crippen LogP contribution in [0.25, 0.3) is 0 Å². The van der Waals surface area contributed by atoms with Crippen LogP contribution in [0.4, 0.5) is 11.5 Å². The van der Waals surface area contributed by atoms with Crippen molar-refractivity contribution in [3.8, 4) is 11.6 Å². The third kappa shape index (κ3) is 4.82. The summed E-state index contributed by atoms with van der Waals surface area (Å²) in [7, 11) is 0. The van der Waals surface area contributed by atoms with Crippen molar-refractivity contribution in [3.63, 3.8) is 0 Å². The van der Waals surface area contributed by atoms with Crippen LogP contribution in [0.15, 0.2) is 30.6 Å². The van der Waals surface area contributed by atoms with Crippen LogP contribution in [0.1, 0.15) is 46.1 Å². The molecule has 2 aromatic rings. The van der Waals surface area contributed by atoms with Gasteiger partial charge in [0.05, 0.1) is 0 Å². The fraction of sp³-hybridized carbons (Fsp3) is 0.412. The minimum Gasteiger partial charge on any atom is -0.437 e. The molecular formula is C17H25N5O. The monoisotopic (exact) mass is 315 g/mol. The van der Waals surface area contributed by atoms with Gasteiger partial charge in [0.2, 0.25) is 5.88 Å². The van der Waals surface area contributed by atoms with Crippen LogP contribution in [0.5, 0.6) is 11.6 Å². The number of rotatable bonds is 5. The highest BCUT2D eigenvalue weighted by atomic mass is 16.5. The molecule has 0 radical (unpaired) electrons. The Balaban J connectivity index is 2.14. The minimum absolute atomic E-state index is 0.120. The topological polar surface area (TPSA) is 85.1 Å². The van der Waals surface area contributed by atoms with Gasteiger partial charge in [-0.25, -0.2) is 10.4 Å². The van der Waals surface area contributed by atoms with Gasteiger partial charge in [-0.3, -0.25) is 0 Å². The Kier molecular flexibility index (Phi) is 5.05. The zero-order valence-electron chi connectivity index (χ0n) is 14.3. The molecule has 6 nitrogen and oxygen atoms in total. The zero-order chi connectivity index (χ0) is 17.0. The quantitative estimate of drug-likeness (QED) is 0.730. The minimum atomic E-state index is -0.120. The van der Waals surface area contributed by atoms with E-state index in [-0.39, 0.29) is 5.54 Å². The van der Waals surface area contributed by atoms with E-state index in [4.69, 9.17) is 10.5 Å². The zero-order valence-corrected chi connectivity index (χ0v) is 14.3. The number of hydrazine groups is 1. The summed E-state index contributed by atoms with van der Waals surface area (Å²) in [5.74, 6) is 1.99. The van der Waals surface area contributed by atoms with Crippen LogP contribution in [0, 0.1) is 0 Å². The first-order chi connectivity index (χ1) is 10.8. The van der Waals surface area contributed by atoms with Gasteiger partial charge in [0.15, 0.2) is 5.82 Å². The molecule has 0 fully saturated rings. The molecular weight excluding hydrogens is 290 g/mol. The fourth-order valence-electron chi connectivity index (χ4n) is 1.84. The number of nitrogens with zero attached hydrogens (tertiary/aromatic N) is 2. The maximum Gasteiger partial charge on any atom is 0.248 e. The van der Waals surface area contributed by atoms with Gasteiger partial charge < -0.3 is 15.9 Å². The molecule has 0 saturated carbocycles. The summed E-state index contributed by atoms with van der Waals surface area (Å²) in [5, 5.41) is 0. The number of aromatic nitrogens is 2. The Morgan fingerprint density at radius 2 is 1.74 bits per heavy atom. The molecule has 0 spiro atoms. The van der Waals surface area contributed by atoms with Crippen LogP contribution in [0.2, 0.25) is 0 Å². The van der Waals surface area contributed by atoms with Crippen molar-refractivity contribution in [1.82, 2.24) is 15.4 Å². The summed E-state index contributed by atoms with van der Waals surface area (Å²) in [4.78, 5) is 8.24. The van der Waals surface area contributed by atoms with Crippen LogP contribution in [0.3, 0.4) is 0 Å². The molecule has 4 N–H and O–H groups in total. The van der Waals surface area contributed by atoms with Crippen LogP contribution >= 0.6 is 0 Å². The van der Waals surface area contributed by atoms with Crippen molar-refractivity contribution in [2.24, 2.45) is 0 Å². The molecule has 0 atom stereocenters. The molecule has 0 aliphatic heterocycles. The molecule has 1 heterocycles. The van der Waals surface area contributed by atoms with E-state index in [0.717, 1.165) is 0 Å². The van der Waals surface area contributed by atoms with Crippen molar-refractivity contribution in [2.45, 2.75) is 46.1 Å². The first kappa shape index (κ1) is 17.0. The van der Waals surface area contributed by atoms with E-state index < -0.39 is 0 Å². The average molecular weight is 315 g/mol. The predicted octanol–water partition coefficient (Wildman–Crippen LogP) is 3.69. The number of benzene rings is 1. The smallest absolute Gasteiger partial charge is 0.248 e. The van der Waals surface area contributed by atoms with Gasteiger partial charge in [-0.1, -0.05) is 26.0 Å². The standard InChI is InChI=1S/C17H25N5O/c1-11(2)12-6-8-13(9-7-12)23-16-14(18)15(19-10-20-16)21-22-17(3,4)5/h6-11,22H,18H2,1-5H3,(H,19,20,21). The van der Waals surface area contributed by atoms with Gasteiger partial charge in [-0.2, -0.15) is 4.98 Å². The molecule has 0 saturated heterocycles. The lowest BCUT2D eigenvalue weighted by Crippen LogP contribution is -2.40. The fourth-order valence-corrected chi connectivity index (χ4v) is 1.84. The van der Waals surface area contributed by atoms with E-state index in [1.54, 1.807) is 0 Å². The average Bonchev–Trinajstić information content (AvgIpc) is 2.48. The number of nitrogens with two attached hydrogens (primary N) is 1. The highest BCUT2D eigenvalue weighted by Crippen LogP contribution is 2.29. The third-order valence-electron chi connectivity index (χ3n) is 3.16. The first-order valence-corrected chi connectivity index (χ1v) is 7.68. The normalized spacial score (nSPS) is 11.6. The molecule has 1 aromatic carbocycles. The lowest BCUT2D eigenvalue weighted by molar-refractivity contribution is 0.457. The lowest BCUT2D eigenvalue weighted by atomic mass is 10.0. The number of hydrogen-bond acceptors (Lipinski definition) is 6. The molecule has 0 unspecified atom stereocenters. The number of hydrogen-bond donors (Lipinski definition) is 3. The van der Waals surface area contributed by atoms with Gasteiger partial charge in [0.1, 0.15) is 17.8 Å². The Bertz CT molecular complexity index is 647. The Morgan fingerprint density at radius 3 is 2.30 bits per heavy atom. The number of nitrogen functional groups attached to an aromatic ring is 1. The van der Waals surface area contributed by atoms with E-state index in [1.807, 2.05) is 45.0 Å². The summed E-state index contributed by atoms with van der Waals surface area (Å²) in [6.07, 6.45) is 1.42. The van der Waals surface area contributed by atoms with Crippen molar-refractivity contribution in [1.29, 1.82) is 0 Å². The summed E-state index contributed by atoms with van der Waals surface area (Å²) < 4.78 is 5.77. The molecule has 23 heavy (non-hydrogen) atoms. The van der Waals surface area contributed by atoms with Gasteiger partial charge >= 0.3 is 0 Å². The lowest BCUT2D eigenvalue weighted by Gasteiger charge is -2.22. The molecule has 124 valence electrons. The van der Waals surface area contributed by atoms with Crippen LogP contribution in [-0.2, 0) is 0 Å². The molecule has 0 aliphatic rings. The summed E-state index contributed by atoms with van der Waals surface area (Å²) in [6.45, 7) is 10.4. The molecule has 0 bridgehead atoms. The highest BCUT2D eigenvalue weighted by Gasteiger charge is 2.13. The van der Waals surface area contributed by atoms with E-state index >= 15 is 0 Å². The second kappa shape index (κ2) is 6.83. The molecule has 1 aromatic heterocycles. The number of nitrogens with one attached hydrogen (secondary N) is 2. The Morgan fingerprint density at radius 1 is 1.09 bits per heavy atom. The van der Waals surface area contributed by atoms with Crippen molar-refractivity contribution >= 4 is 11.5 Å². The van der Waals surface area contributed by atoms with Gasteiger partial charge in [0, 0.05) is 5.54 Å². The van der Waals surface area contributed by atoms with Gasteiger partial charge in [-0.15, -0.1) is 0 Å². The molecule has 6 heteroatoms. The second-order valence-electron chi connectivity index (χ2n) is 6.77. The van der Waals surface area contributed by atoms with Crippen molar-refractivity contribution < 1.29 is 4.74 Å². The van der Waals surface area contributed by atoms with E-state index in [1.165, 1.54) is 11.9 Å². The summed E-state index contributed by atoms with van der Waals surface area (Å²) in [6, 6.07) is 7.91. The molecule has 0 amide bonds. The SMILES string of the molecule is CC(C)c1ccc(Oc2ncnc(NNC(C)(C)C)c2N)cc1. The van der Waals surface area contributed by atoms with E-state index in [9.17, 15) is 0 Å². The molecule has 0 aliphatic carbocycles. The number of ether oxygens (including phenoxy) is 1. The van der Waals surface area contributed by atoms with Gasteiger partial charge in [-0.05, 0) is 44.4 Å². The predicted molar refractivity (Wildman–Crippen MR) is 93.6 cm³/mol. The highest BCUT2D eigenvalue weighted by molar-refractivity contribution is 5.66. The van der Waals surface area contributed by atoms with E-state index in [0.29, 0.717) is 29.1 Å². The van der Waals surface area contributed by atoms with Crippen LogP contribution < -0.4 is 21.3 Å². The number of anilines is 2.